The zero-order valence-corrected chi connectivity index (χ0v) is 15.0. The fourth-order valence-corrected chi connectivity index (χ4v) is 4.71. The summed E-state index contributed by atoms with van der Waals surface area (Å²) in [6.45, 7) is 3.82. The van der Waals surface area contributed by atoms with Crippen LogP contribution in [0.1, 0.15) is 43.9 Å². The highest BCUT2D eigenvalue weighted by atomic mass is 32.2. The first-order chi connectivity index (χ1) is 11.5. The molecule has 1 aliphatic rings. The quantitative estimate of drug-likeness (QED) is 0.856. The lowest BCUT2D eigenvalue weighted by Crippen LogP contribution is -2.35. The molecule has 0 saturated carbocycles. The van der Waals surface area contributed by atoms with Gasteiger partial charge in [0.05, 0.1) is 29.0 Å². The molecule has 0 bridgehead atoms. The van der Waals surface area contributed by atoms with Crippen molar-refractivity contribution in [3.8, 4) is 0 Å². The third-order valence-corrected chi connectivity index (χ3v) is 6.01. The summed E-state index contributed by atoms with van der Waals surface area (Å²) >= 11 is 0. The zero-order chi connectivity index (χ0) is 18.8. The van der Waals surface area contributed by atoms with Crippen LogP contribution in [-0.4, -0.2) is 25.8 Å². The Morgan fingerprint density at radius 1 is 1.32 bits per heavy atom. The Morgan fingerprint density at radius 3 is 2.52 bits per heavy atom. The smallest absolute Gasteiger partial charge is 0.349 e. The van der Waals surface area contributed by atoms with Gasteiger partial charge in [0.1, 0.15) is 0 Å². The molecule has 4 nitrogen and oxygen atoms in total. The number of rotatable bonds is 5. The zero-order valence-electron chi connectivity index (χ0n) is 14.1. The Labute approximate surface area is 145 Å². The number of sulfone groups is 1. The molecule has 1 amide bonds. The fraction of sp³-hybridized carbons (Fsp3) is 0.588. The van der Waals surface area contributed by atoms with Crippen LogP contribution in [0.15, 0.2) is 24.3 Å². The largest absolute Gasteiger partial charge is 0.416 e. The van der Waals surface area contributed by atoms with Crippen LogP contribution in [0, 0.1) is 11.8 Å². The lowest BCUT2D eigenvalue weighted by Gasteiger charge is -2.23. The Balaban J connectivity index is 2.21. The van der Waals surface area contributed by atoms with Crippen molar-refractivity contribution in [3.05, 3.63) is 35.4 Å². The molecule has 0 spiro atoms. The van der Waals surface area contributed by atoms with Gasteiger partial charge in [0.2, 0.25) is 5.91 Å². The average molecular weight is 377 g/mol. The molecule has 1 aromatic rings. The van der Waals surface area contributed by atoms with Gasteiger partial charge in [0, 0.05) is 0 Å². The molecule has 2 rings (SSSR count). The number of benzene rings is 1. The van der Waals surface area contributed by atoms with Crippen molar-refractivity contribution >= 4 is 15.7 Å². The molecular weight excluding hydrogens is 355 g/mol. The maximum atomic E-state index is 12.9. The van der Waals surface area contributed by atoms with Crippen LogP contribution in [0.5, 0.6) is 0 Å². The van der Waals surface area contributed by atoms with Crippen molar-refractivity contribution in [2.75, 3.05) is 11.5 Å². The number of nitrogens with one attached hydrogen (secondary N) is 1. The van der Waals surface area contributed by atoms with E-state index in [9.17, 15) is 26.4 Å². The van der Waals surface area contributed by atoms with Crippen LogP contribution < -0.4 is 5.32 Å². The van der Waals surface area contributed by atoms with E-state index in [2.05, 4.69) is 5.32 Å². The summed E-state index contributed by atoms with van der Waals surface area (Å²) in [7, 11) is -3.20. The highest BCUT2D eigenvalue weighted by Crippen LogP contribution is 2.32. The lowest BCUT2D eigenvalue weighted by atomic mass is 9.94. The van der Waals surface area contributed by atoms with Gasteiger partial charge in [-0.1, -0.05) is 26.0 Å². The first-order valence-corrected chi connectivity index (χ1v) is 9.98. The van der Waals surface area contributed by atoms with E-state index < -0.39 is 39.4 Å². The molecule has 2 unspecified atom stereocenters. The van der Waals surface area contributed by atoms with Crippen molar-refractivity contribution < 1.29 is 26.4 Å². The summed E-state index contributed by atoms with van der Waals surface area (Å²) in [5, 5.41) is 2.75. The molecule has 140 valence electrons. The first-order valence-electron chi connectivity index (χ1n) is 8.16. The van der Waals surface area contributed by atoms with Crippen molar-refractivity contribution in [2.45, 2.75) is 38.9 Å². The van der Waals surface area contributed by atoms with Gasteiger partial charge in [-0.15, -0.1) is 0 Å². The van der Waals surface area contributed by atoms with Gasteiger partial charge < -0.3 is 5.32 Å². The predicted molar refractivity (Wildman–Crippen MR) is 88.5 cm³/mol. The van der Waals surface area contributed by atoms with Crippen LogP contribution in [0.4, 0.5) is 13.2 Å². The molecule has 8 heteroatoms. The highest BCUT2D eigenvalue weighted by molar-refractivity contribution is 7.91. The molecule has 0 aliphatic carbocycles. The Bertz CT molecular complexity index is 729. The molecule has 1 fully saturated rings. The summed E-state index contributed by atoms with van der Waals surface area (Å²) in [5.74, 6) is -1.12. The molecular formula is C17H22F3NO3S. The predicted octanol–water partition coefficient (Wildman–Crippen LogP) is 3.34. The van der Waals surface area contributed by atoms with E-state index in [1.807, 2.05) is 13.8 Å². The standard InChI is InChI=1S/C17H22F3NO3S/c1-11(2)8-15(12-4-3-5-14(9-12)17(18,19)20)21-16(22)13-6-7-25(23,24)10-13/h3-5,9,11,13,15H,6-8,10H2,1-2H3,(H,21,22). The number of amides is 1. The number of halogens is 3. The monoisotopic (exact) mass is 377 g/mol. The average Bonchev–Trinajstić information content (AvgIpc) is 2.85. The topological polar surface area (TPSA) is 63.2 Å². The van der Waals surface area contributed by atoms with E-state index in [0.717, 1.165) is 12.1 Å². The maximum Gasteiger partial charge on any atom is 0.416 e. The van der Waals surface area contributed by atoms with Crippen molar-refractivity contribution in [3.63, 3.8) is 0 Å². The SMILES string of the molecule is CC(C)CC(NC(=O)C1CCS(=O)(=O)C1)c1cccc(C(F)(F)F)c1. The van der Waals surface area contributed by atoms with Gasteiger partial charge in [-0.3, -0.25) is 4.79 Å². The molecule has 0 aromatic heterocycles. The Hall–Kier alpha value is -1.57. The van der Waals surface area contributed by atoms with Crippen molar-refractivity contribution in [2.24, 2.45) is 11.8 Å². The first kappa shape index (κ1) is 19.8. The number of carbonyl (C=O) groups excluding carboxylic acids is 1. The van der Waals surface area contributed by atoms with E-state index in [4.69, 9.17) is 0 Å². The summed E-state index contributed by atoms with van der Waals surface area (Å²) in [6.07, 6.45) is -3.74. The second kappa shape index (κ2) is 7.35. The van der Waals surface area contributed by atoms with Gasteiger partial charge in [-0.2, -0.15) is 13.2 Å². The summed E-state index contributed by atoms with van der Waals surface area (Å²) in [4.78, 5) is 12.4. The Morgan fingerprint density at radius 2 is 2.00 bits per heavy atom. The number of hydrogen-bond acceptors (Lipinski definition) is 3. The van der Waals surface area contributed by atoms with Gasteiger partial charge >= 0.3 is 6.18 Å². The van der Waals surface area contributed by atoms with Gasteiger partial charge in [-0.25, -0.2) is 8.42 Å². The summed E-state index contributed by atoms with van der Waals surface area (Å²) in [5.41, 5.74) is -0.394. The lowest BCUT2D eigenvalue weighted by molar-refractivity contribution is -0.137. The Kier molecular flexibility index (Phi) is 5.81. The minimum atomic E-state index is -4.46. The summed E-state index contributed by atoms with van der Waals surface area (Å²) in [6, 6.07) is 4.31. The van der Waals surface area contributed by atoms with E-state index >= 15 is 0 Å². The van der Waals surface area contributed by atoms with Crippen LogP contribution in [-0.2, 0) is 20.8 Å². The van der Waals surface area contributed by atoms with Gasteiger partial charge in [0.15, 0.2) is 9.84 Å². The van der Waals surface area contributed by atoms with Gasteiger partial charge in [-0.05, 0) is 36.5 Å². The highest BCUT2D eigenvalue weighted by Gasteiger charge is 2.35. The molecule has 1 heterocycles. The fourth-order valence-electron chi connectivity index (χ4n) is 2.97. The van der Waals surface area contributed by atoms with Crippen LogP contribution in [0.3, 0.4) is 0 Å². The van der Waals surface area contributed by atoms with E-state index in [0.29, 0.717) is 12.0 Å². The number of carbonyl (C=O) groups is 1. The molecule has 0 radical (unpaired) electrons. The van der Waals surface area contributed by atoms with E-state index in [-0.39, 0.29) is 23.8 Å². The van der Waals surface area contributed by atoms with Crippen LogP contribution >= 0.6 is 0 Å². The summed E-state index contributed by atoms with van der Waals surface area (Å²) < 4.78 is 61.9. The number of hydrogen-bond donors (Lipinski definition) is 1. The van der Waals surface area contributed by atoms with Crippen molar-refractivity contribution in [1.82, 2.24) is 5.32 Å². The number of alkyl halides is 3. The molecule has 2 atom stereocenters. The van der Waals surface area contributed by atoms with E-state index in [1.165, 1.54) is 6.07 Å². The molecule has 1 N–H and O–H groups in total. The molecule has 1 aliphatic heterocycles. The van der Waals surface area contributed by atoms with Gasteiger partial charge in [0.25, 0.3) is 0 Å². The molecule has 1 aromatic carbocycles. The van der Waals surface area contributed by atoms with Crippen LogP contribution in [0.2, 0.25) is 0 Å². The normalized spacial score (nSPS) is 21.3. The second-order valence-corrected chi connectivity index (χ2v) is 9.14. The minimum absolute atomic E-state index is 0.0243. The maximum absolute atomic E-state index is 12.9. The minimum Gasteiger partial charge on any atom is -0.349 e. The third kappa shape index (κ3) is 5.45. The van der Waals surface area contributed by atoms with E-state index in [1.54, 1.807) is 6.07 Å². The van der Waals surface area contributed by atoms with Crippen molar-refractivity contribution in [1.29, 1.82) is 0 Å². The second-order valence-electron chi connectivity index (χ2n) is 6.91. The molecule has 25 heavy (non-hydrogen) atoms. The molecule has 1 saturated heterocycles. The van der Waals surface area contributed by atoms with Crippen LogP contribution in [0.25, 0.3) is 0 Å². The third-order valence-electron chi connectivity index (χ3n) is 4.24.